The maximum atomic E-state index is 11.5. The second kappa shape index (κ2) is 10.9. The number of ether oxygens (including phenoxy) is 1. The van der Waals surface area contributed by atoms with Crippen molar-refractivity contribution in [2.45, 2.75) is 59.0 Å². The van der Waals surface area contributed by atoms with Gasteiger partial charge < -0.3 is 20.7 Å². The molecule has 0 atom stereocenters. The maximum Gasteiger partial charge on any atom is 0.407 e. The lowest BCUT2D eigenvalue weighted by atomic mass is 10.2. The van der Waals surface area contributed by atoms with Crippen LogP contribution in [0.25, 0.3) is 0 Å². The van der Waals surface area contributed by atoms with Crippen LogP contribution in [0.15, 0.2) is 0 Å². The number of hydrogen-bond acceptors (Lipinski definition) is 4. The Balaban J connectivity index is 3.58. The summed E-state index contributed by atoms with van der Waals surface area (Å²) in [5.41, 5.74) is -0.553. The van der Waals surface area contributed by atoms with E-state index in [1.54, 1.807) is 20.8 Å². The molecule has 0 radical (unpaired) electrons. The van der Waals surface area contributed by atoms with Gasteiger partial charge in [0, 0.05) is 32.5 Å². The summed E-state index contributed by atoms with van der Waals surface area (Å²) in [6.07, 6.45) is 2.00. The number of hydrogen-bond donors (Lipinski definition) is 3. The fourth-order valence-electron chi connectivity index (χ4n) is 1.51. The molecule has 0 fully saturated rings. The number of amides is 3. The third-order valence-electron chi connectivity index (χ3n) is 2.55. The summed E-state index contributed by atoms with van der Waals surface area (Å²) in [5, 5.41) is 7.91. The molecule has 0 saturated heterocycles. The number of unbranched alkanes of at least 4 members (excludes halogenated alkanes) is 1. The van der Waals surface area contributed by atoms with Crippen molar-refractivity contribution >= 4 is 17.9 Å². The molecule has 3 N–H and O–H groups in total. The zero-order chi connectivity index (χ0) is 17.0. The zero-order valence-electron chi connectivity index (χ0n) is 14.1. The van der Waals surface area contributed by atoms with Gasteiger partial charge in [0.05, 0.1) is 0 Å². The zero-order valence-corrected chi connectivity index (χ0v) is 14.1. The maximum absolute atomic E-state index is 11.5. The summed E-state index contributed by atoms with van der Waals surface area (Å²) in [4.78, 5) is 34.2. The predicted octanol–water partition coefficient (Wildman–Crippen LogP) is 1.32. The van der Waals surface area contributed by atoms with E-state index in [9.17, 15) is 14.4 Å². The average Bonchev–Trinajstić information content (AvgIpc) is 2.39. The smallest absolute Gasteiger partial charge is 0.407 e. The van der Waals surface area contributed by atoms with Crippen molar-refractivity contribution < 1.29 is 19.1 Å². The third kappa shape index (κ3) is 13.2. The molecule has 0 aromatic carbocycles. The number of carbonyl (C=O) groups is 3. The van der Waals surface area contributed by atoms with E-state index in [0.717, 1.165) is 12.8 Å². The molecule has 7 nitrogen and oxygen atoms in total. The topological polar surface area (TPSA) is 96.5 Å². The average molecular weight is 315 g/mol. The van der Waals surface area contributed by atoms with Crippen LogP contribution in [0.5, 0.6) is 0 Å². The highest BCUT2D eigenvalue weighted by Gasteiger charge is 2.15. The van der Waals surface area contributed by atoms with Gasteiger partial charge in [-0.05, 0) is 27.2 Å². The highest BCUT2D eigenvalue weighted by molar-refractivity contribution is 5.77. The first-order valence-corrected chi connectivity index (χ1v) is 7.75. The summed E-state index contributed by atoms with van der Waals surface area (Å²) in [6, 6.07) is 0. The van der Waals surface area contributed by atoms with Crippen LogP contribution >= 0.6 is 0 Å². The van der Waals surface area contributed by atoms with Crippen molar-refractivity contribution in [3.05, 3.63) is 0 Å². The number of nitrogens with one attached hydrogen (secondary N) is 3. The van der Waals surface area contributed by atoms with E-state index in [4.69, 9.17) is 4.74 Å². The Hall–Kier alpha value is -1.79. The van der Waals surface area contributed by atoms with Gasteiger partial charge in [-0.1, -0.05) is 13.3 Å². The minimum absolute atomic E-state index is 0.00249. The Morgan fingerprint density at radius 2 is 1.41 bits per heavy atom. The normalized spacial score (nSPS) is 10.7. The molecule has 0 aliphatic carbocycles. The number of carbonyl (C=O) groups excluding carboxylic acids is 3. The van der Waals surface area contributed by atoms with Crippen LogP contribution in [0.4, 0.5) is 4.79 Å². The van der Waals surface area contributed by atoms with Gasteiger partial charge in [0.25, 0.3) is 0 Å². The first kappa shape index (κ1) is 20.2. The van der Waals surface area contributed by atoms with E-state index in [1.807, 2.05) is 6.92 Å². The van der Waals surface area contributed by atoms with Crippen LogP contribution in [-0.4, -0.2) is 43.1 Å². The summed E-state index contributed by atoms with van der Waals surface area (Å²) in [5.74, 6) is -0.179. The fourth-order valence-corrected chi connectivity index (χ4v) is 1.51. The van der Waals surface area contributed by atoms with Gasteiger partial charge in [-0.3, -0.25) is 9.59 Å². The largest absolute Gasteiger partial charge is 0.444 e. The SMILES string of the molecule is CCCCC(=O)NCCNC(=O)CCNC(=O)OC(C)(C)C. The van der Waals surface area contributed by atoms with Crippen molar-refractivity contribution in [1.82, 2.24) is 16.0 Å². The number of alkyl carbamates (subject to hydrolysis) is 1. The minimum atomic E-state index is -0.553. The van der Waals surface area contributed by atoms with Crippen molar-refractivity contribution in [3.63, 3.8) is 0 Å². The molecule has 128 valence electrons. The van der Waals surface area contributed by atoms with E-state index in [1.165, 1.54) is 0 Å². The second-order valence-corrected chi connectivity index (χ2v) is 5.98. The molecule has 0 aromatic heterocycles. The van der Waals surface area contributed by atoms with Gasteiger partial charge in [-0.15, -0.1) is 0 Å². The molecule has 0 aliphatic heterocycles. The molecule has 3 amide bonds. The first-order chi connectivity index (χ1) is 10.2. The summed E-state index contributed by atoms with van der Waals surface area (Å²) >= 11 is 0. The molecule has 0 heterocycles. The van der Waals surface area contributed by atoms with Crippen molar-refractivity contribution in [2.75, 3.05) is 19.6 Å². The van der Waals surface area contributed by atoms with Gasteiger partial charge in [0.15, 0.2) is 0 Å². The van der Waals surface area contributed by atoms with Crippen molar-refractivity contribution in [1.29, 1.82) is 0 Å². The quantitative estimate of drug-likeness (QED) is 0.559. The Labute approximate surface area is 132 Å². The molecule has 0 aromatic rings. The Kier molecular flexibility index (Phi) is 9.98. The third-order valence-corrected chi connectivity index (χ3v) is 2.55. The summed E-state index contributed by atoms with van der Waals surface area (Å²) in [6.45, 7) is 8.34. The van der Waals surface area contributed by atoms with Gasteiger partial charge in [0.1, 0.15) is 5.60 Å². The van der Waals surface area contributed by atoms with E-state index >= 15 is 0 Å². The highest BCUT2D eigenvalue weighted by atomic mass is 16.6. The monoisotopic (exact) mass is 315 g/mol. The molecular weight excluding hydrogens is 286 g/mol. The Morgan fingerprint density at radius 1 is 0.864 bits per heavy atom. The van der Waals surface area contributed by atoms with Crippen LogP contribution < -0.4 is 16.0 Å². The lowest BCUT2D eigenvalue weighted by Gasteiger charge is -2.19. The molecule has 0 saturated carbocycles. The molecule has 0 bridgehead atoms. The fraction of sp³-hybridized carbons (Fsp3) is 0.800. The minimum Gasteiger partial charge on any atom is -0.444 e. The van der Waals surface area contributed by atoms with E-state index in [0.29, 0.717) is 19.5 Å². The summed E-state index contributed by atoms with van der Waals surface area (Å²) < 4.78 is 5.05. The van der Waals surface area contributed by atoms with E-state index in [-0.39, 0.29) is 24.8 Å². The van der Waals surface area contributed by atoms with Crippen LogP contribution in [0.1, 0.15) is 53.4 Å². The number of rotatable bonds is 9. The molecule has 0 spiro atoms. The first-order valence-electron chi connectivity index (χ1n) is 7.75. The molecule has 0 rings (SSSR count). The lowest BCUT2D eigenvalue weighted by Crippen LogP contribution is -2.37. The van der Waals surface area contributed by atoms with Gasteiger partial charge in [0.2, 0.25) is 11.8 Å². The van der Waals surface area contributed by atoms with E-state index < -0.39 is 11.7 Å². The predicted molar refractivity (Wildman–Crippen MR) is 84.4 cm³/mol. The molecule has 7 heteroatoms. The Bertz CT molecular complexity index is 364. The summed E-state index contributed by atoms with van der Waals surface area (Å²) in [7, 11) is 0. The van der Waals surface area contributed by atoms with Crippen LogP contribution in [-0.2, 0) is 14.3 Å². The van der Waals surface area contributed by atoms with Crippen molar-refractivity contribution in [2.24, 2.45) is 0 Å². The molecule has 22 heavy (non-hydrogen) atoms. The van der Waals surface area contributed by atoms with Gasteiger partial charge >= 0.3 is 6.09 Å². The lowest BCUT2D eigenvalue weighted by molar-refractivity contribution is -0.122. The standard InChI is InChI=1S/C15H29N3O4/c1-5-6-7-12(19)16-10-11-17-13(20)8-9-18-14(21)22-15(2,3)4/h5-11H2,1-4H3,(H,16,19)(H,17,20)(H,18,21). The van der Waals surface area contributed by atoms with Crippen LogP contribution in [0.3, 0.4) is 0 Å². The molecule has 0 unspecified atom stereocenters. The molecule has 0 aliphatic rings. The van der Waals surface area contributed by atoms with Crippen LogP contribution in [0, 0.1) is 0 Å². The van der Waals surface area contributed by atoms with Gasteiger partial charge in [-0.2, -0.15) is 0 Å². The molecular formula is C15H29N3O4. The van der Waals surface area contributed by atoms with Crippen molar-refractivity contribution in [3.8, 4) is 0 Å². The highest BCUT2D eigenvalue weighted by Crippen LogP contribution is 2.06. The van der Waals surface area contributed by atoms with Crippen LogP contribution in [0.2, 0.25) is 0 Å². The Morgan fingerprint density at radius 3 is 1.91 bits per heavy atom. The van der Waals surface area contributed by atoms with Gasteiger partial charge in [-0.25, -0.2) is 4.79 Å². The van der Waals surface area contributed by atoms with E-state index in [2.05, 4.69) is 16.0 Å². The second-order valence-electron chi connectivity index (χ2n) is 5.98.